The summed E-state index contributed by atoms with van der Waals surface area (Å²) in [4.78, 5) is 9.13. The van der Waals surface area contributed by atoms with E-state index in [0.29, 0.717) is 0 Å². The lowest BCUT2D eigenvalue weighted by Crippen LogP contribution is -2.35. The lowest BCUT2D eigenvalue weighted by Gasteiger charge is -2.39. The number of benzene rings is 1. The molecule has 4 heteroatoms. The van der Waals surface area contributed by atoms with Gasteiger partial charge in [0.25, 0.3) is 0 Å². The van der Waals surface area contributed by atoms with Crippen molar-refractivity contribution in [3.63, 3.8) is 0 Å². The van der Waals surface area contributed by atoms with Crippen LogP contribution in [0.2, 0.25) is 0 Å². The highest BCUT2D eigenvalue weighted by molar-refractivity contribution is 9.10. The summed E-state index contributed by atoms with van der Waals surface area (Å²) in [5, 5.41) is 0. The molecule has 0 saturated heterocycles. The number of hydrogen-bond acceptors (Lipinski definition) is 3. The summed E-state index contributed by atoms with van der Waals surface area (Å²) in [5.41, 5.74) is 4.06. The first-order valence-electron chi connectivity index (χ1n) is 7.82. The lowest BCUT2D eigenvalue weighted by atomic mass is 9.64. The molecule has 0 bridgehead atoms. The maximum absolute atomic E-state index is 5.89. The van der Waals surface area contributed by atoms with E-state index in [4.69, 9.17) is 9.40 Å². The molecule has 3 aromatic rings. The van der Waals surface area contributed by atoms with E-state index >= 15 is 0 Å². The molecular weight excluding hydrogens is 352 g/mol. The summed E-state index contributed by atoms with van der Waals surface area (Å²) in [7, 11) is 0. The molecule has 0 aliphatic heterocycles. The standard InChI is InChI=1S/C19H17BrN2O/c1-13-3-4-14(11-21-13)17-12-23-18(22-17)19(9-2-10-19)15-5-7-16(20)8-6-15/h3-8,11-12H,2,9-10H2,1H3. The van der Waals surface area contributed by atoms with E-state index in [9.17, 15) is 0 Å². The molecule has 116 valence electrons. The summed E-state index contributed by atoms with van der Waals surface area (Å²) in [6.07, 6.45) is 6.98. The molecule has 4 rings (SSSR count). The number of rotatable bonds is 3. The molecule has 2 aromatic heterocycles. The maximum Gasteiger partial charge on any atom is 0.205 e. The van der Waals surface area contributed by atoms with E-state index in [1.54, 1.807) is 6.26 Å². The highest BCUT2D eigenvalue weighted by atomic mass is 79.9. The van der Waals surface area contributed by atoms with Crippen LogP contribution in [0.5, 0.6) is 0 Å². The minimum Gasteiger partial charge on any atom is -0.447 e. The first kappa shape index (κ1) is 14.6. The van der Waals surface area contributed by atoms with Crippen molar-refractivity contribution >= 4 is 15.9 Å². The van der Waals surface area contributed by atoms with Crippen LogP contribution in [0.1, 0.15) is 36.4 Å². The fraction of sp³-hybridized carbons (Fsp3) is 0.263. The monoisotopic (exact) mass is 368 g/mol. The molecule has 1 aliphatic carbocycles. The zero-order chi connectivity index (χ0) is 15.9. The Morgan fingerprint density at radius 2 is 1.87 bits per heavy atom. The van der Waals surface area contributed by atoms with Gasteiger partial charge in [0.15, 0.2) is 0 Å². The Morgan fingerprint density at radius 3 is 2.48 bits per heavy atom. The fourth-order valence-electron chi connectivity index (χ4n) is 3.17. The van der Waals surface area contributed by atoms with Crippen LogP contribution in [0.25, 0.3) is 11.3 Å². The van der Waals surface area contributed by atoms with Crippen LogP contribution in [-0.4, -0.2) is 9.97 Å². The molecule has 0 N–H and O–H groups in total. The average Bonchev–Trinajstić information content (AvgIpc) is 2.99. The van der Waals surface area contributed by atoms with Gasteiger partial charge in [0.2, 0.25) is 5.89 Å². The van der Waals surface area contributed by atoms with Gasteiger partial charge in [-0.25, -0.2) is 4.98 Å². The Hall–Kier alpha value is -1.94. The summed E-state index contributed by atoms with van der Waals surface area (Å²) in [6, 6.07) is 12.5. The zero-order valence-electron chi connectivity index (χ0n) is 12.9. The van der Waals surface area contributed by atoms with Crippen molar-refractivity contribution in [2.45, 2.75) is 31.6 Å². The third-order valence-electron chi connectivity index (χ3n) is 4.72. The Labute approximate surface area is 143 Å². The molecule has 0 amide bonds. The fourth-order valence-corrected chi connectivity index (χ4v) is 3.44. The van der Waals surface area contributed by atoms with Gasteiger partial charge in [-0.15, -0.1) is 0 Å². The van der Waals surface area contributed by atoms with Crippen molar-refractivity contribution in [2.24, 2.45) is 0 Å². The number of hydrogen-bond donors (Lipinski definition) is 0. The van der Waals surface area contributed by atoms with Crippen LogP contribution in [0.4, 0.5) is 0 Å². The largest absolute Gasteiger partial charge is 0.447 e. The summed E-state index contributed by atoms with van der Waals surface area (Å²) in [5.74, 6) is 0.821. The number of aromatic nitrogens is 2. The minimum absolute atomic E-state index is 0.0723. The smallest absolute Gasteiger partial charge is 0.205 e. The predicted molar refractivity (Wildman–Crippen MR) is 93.2 cm³/mol. The van der Waals surface area contributed by atoms with Crippen LogP contribution >= 0.6 is 15.9 Å². The van der Waals surface area contributed by atoms with E-state index in [1.807, 2.05) is 25.3 Å². The highest BCUT2D eigenvalue weighted by Gasteiger charge is 2.44. The molecule has 0 radical (unpaired) electrons. The van der Waals surface area contributed by atoms with Gasteiger partial charge in [-0.2, -0.15) is 0 Å². The van der Waals surface area contributed by atoms with Gasteiger partial charge in [0.05, 0.1) is 5.41 Å². The van der Waals surface area contributed by atoms with Gasteiger partial charge in [-0.3, -0.25) is 4.98 Å². The third kappa shape index (κ3) is 2.51. The van der Waals surface area contributed by atoms with Crippen LogP contribution in [0, 0.1) is 6.92 Å². The number of aryl methyl sites for hydroxylation is 1. The van der Waals surface area contributed by atoms with E-state index < -0.39 is 0 Å². The predicted octanol–water partition coefficient (Wildman–Crippen LogP) is 5.28. The Kier molecular flexibility index (Phi) is 3.57. The number of halogens is 1. The van der Waals surface area contributed by atoms with Crippen molar-refractivity contribution in [1.82, 2.24) is 9.97 Å². The molecular formula is C19H17BrN2O. The number of pyridine rings is 1. The quantitative estimate of drug-likeness (QED) is 0.631. The molecule has 1 aliphatic rings. The Morgan fingerprint density at radius 1 is 1.09 bits per heavy atom. The molecule has 0 unspecified atom stereocenters. The second kappa shape index (κ2) is 5.60. The molecule has 1 saturated carbocycles. The van der Waals surface area contributed by atoms with Crippen LogP contribution in [-0.2, 0) is 5.41 Å². The topological polar surface area (TPSA) is 38.9 Å². The van der Waals surface area contributed by atoms with Crippen LogP contribution in [0.3, 0.4) is 0 Å². The molecule has 3 nitrogen and oxygen atoms in total. The first-order chi connectivity index (χ1) is 11.2. The third-order valence-corrected chi connectivity index (χ3v) is 5.25. The van der Waals surface area contributed by atoms with Gasteiger partial charge in [0.1, 0.15) is 12.0 Å². The summed E-state index contributed by atoms with van der Waals surface area (Å²) >= 11 is 3.50. The molecule has 1 aromatic carbocycles. The van der Waals surface area contributed by atoms with Gasteiger partial charge in [0, 0.05) is 21.9 Å². The maximum atomic E-state index is 5.89. The average molecular weight is 369 g/mol. The van der Waals surface area contributed by atoms with Crippen molar-refractivity contribution in [1.29, 1.82) is 0 Å². The molecule has 1 fully saturated rings. The summed E-state index contributed by atoms with van der Waals surface area (Å²) in [6.45, 7) is 1.98. The SMILES string of the molecule is Cc1ccc(-c2coc(C3(c4ccc(Br)cc4)CCC3)n2)cn1. The number of oxazole rings is 1. The molecule has 0 spiro atoms. The number of nitrogens with zero attached hydrogens (tertiary/aromatic N) is 2. The second-order valence-corrected chi connectivity index (χ2v) is 7.08. The van der Waals surface area contributed by atoms with E-state index in [0.717, 1.165) is 40.2 Å². The first-order valence-corrected chi connectivity index (χ1v) is 8.62. The highest BCUT2D eigenvalue weighted by Crippen LogP contribution is 2.49. The van der Waals surface area contributed by atoms with Crippen molar-refractivity contribution < 1.29 is 4.42 Å². The Bertz CT molecular complexity index is 817. The zero-order valence-corrected chi connectivity index (χ0v) is 14.5. The normalized spacial score (nSPS) is 16.1. The van der Waals surface area contributed by atoms with Gasteiger partial charge in [-0.05, 0) is 49.6 Å². The van der Waals surface area contributed by atoms with Crippen LogP contribution < -0.4 is 0 Å². The van der Waals surface area contributed by atoms with Crippen molar-refractivity contribution in [2.75, 3.05) is 0 Å². The second-order valence-electron chi connectivity index (χ2n) is 6.17. The van der Waals surface area contributed by atoms with E-state index in [1.165, 1.54) is 12.0 Å². The minimum atomic E-state index is -0.0723. The van der Waals surface area contributed by atoms with Crippen LogP contribution in [0.15, 0.2) is 57.7 Å². The van der Waals surface area contributed by atoms with Crippen molar-refractivity contribution in [3.05, 3.63) is 70.5 Å². The molecule has 2 heterocycles. The molecule has 23 heavy (non-hydrogen) atoms. The van der Waals surface area contributed by atoms with E-state index in [-0.39, 0.29) is 5.41 Å². The van der Waals surface area contributed by atoms with Gasteiger partial charge in [-0.1, -0.05) is 34.5 Å². The van der Waals surface area contributed by atoms with Gasteiger partial charge >= 0.3 is 0 Å². The summed E-state index contributed by atoms with van der Waals surface area (Å²) < 4.78 is 6.98. The molecule has 0 atom stereocenters. The lowest BCUT2D eigenvalue weighted by molar-refractivity contribution is 0.239. The van der Waals surface area contributed by atoms with Crippen molar-refractivity contribution in [3.8, 4) is 11.3 Å². The van der Waals surface area contributed by atoms with E-state index in [2.05, 4.69) is 45.2 Å². The van der Waals surface area contributed by atoms with Gasteiger partial charge < -0.3 is 4.42 Å². The Balaban J connectivity index is 1.72.